The number of rotatable bonds is 5. The van der Waals surface area contributed by atoms with Gasteiger partial charge in [-0.2, -0.15) is 4.37 Å². The molecular formula is C14H13ClFN3O3S. The third-order valence-corrected chi connectivity index (χ3v) is 4.10. The zero-order chi connectivity index (χ0) is 17.0. The first-order valence-corrected chi connectivity index (χ1v) is 7.63. The second-order valence-electron chi connectivity index (χ2n) is 4.47. The largest absolute Gasteiger partial charge is 0.452 e. The first kappa shape index (κ1) is 17.2. The Morgan fingerprint density at radius 3 is 2.83 bits per heavy atom. The highest BCUT2D eigenvalue weighted by molar-refractivity contribution is 7.10. The molecular weight excluding hydrogens is 345 g/mol. The Bertz CT molecular complexity index is 751. The van der Waals surface area contributed by atoms with Crippen LogP contribution in [0.4, 0.5) is 15.1 Å². The van der Waals surface area contributed by atoms with Gasteiger partial charge in [-0.1, -0.05) is 11.6 Å². The quantitative estimate of drug-likeness (QED) is 0.804. The third-order valence-electron chi connectivity index (χ3n) is 2.83. The molecule has 2 rings (SSSR count). The molecule has 9 heteroatoms. The summed E-state index contributed by atoms with van der Waals surface area (Å²) < 4.78 is 21.9. The number of aromatic nitrogens is 1. The summed E-state index contributed by atoms with van der Waals surface area (Å²) in [5.74, 6) is -1.75. The van der Waals surface area contributed by atoms with Crippen LogP contribution in [0.2, 0.25) is 5.02 Å². The highest BCUT2D eigenvalue weighted by atomic mass is 35.5. The summed E-state index contributed by atoms with van der Waals surface area (Å²) in [5.41, 5.74) is 1.05. The van der Waals surface area contributed by atoms with E-state index in [4.69, 9.17) is 16.3 Å². The molecule has 0 fully saturated rings. The van der Waals surface area contributed by atoms with Gasteiger partial charge in [-0.25, -0.2) is 9.18 Å². The predicted molar refractivity (Wildman–Crippen MR) is 86.7 cm³/mol. The molecule has 0 atom stereocenters. The summed E-state index contributed by atoms with van der Waals surface area (Å²) in [5, 5.41) is 5.90. The molecule has 0 spiro atoms. The molecule has 2 aromatic rings. The molecule has 0 unspecified atom stereocenters. The van der Waals surface area contributed by atoms with Crippen LogP contribution in [0.15, 0.2) is 18.2 Å². The number of aryl methyl sites for hydroxylation is 1. The number of nitrogens with one attached hydrogen (secondary N) is 2. The zero-order valence-corrected chi connectivity index (χ0v) is 13.8. The van der Waals surface area contributed by atoms with Crippen molar-refractivity contribution in [3.05, 3.63) is 40.3 Å². The fourth-order valence-electron chi connectivity index (χ4n) is 1.76. The lowest BCUT2D eigenvalue weighted by molar-refractivity contribution is -0.119. The normalized spacial score (nSPS) is 10.3. The minimum Gasteiger partial charge on any atom is -0.452 e. The van der Waals surface area contributed by atoms with Crippen LogP contribution in [0.5, 0.6) is 0 Å². The maximum absolute atomic E-state index is 12.9. The summed E-state index contributed by atoms with van der Waals surface area (Å²) in [6, 6.07) is 3.55. The number of hydrogen-bond acceptors (Lipinski definition) is 6. The van der Waals surface area contributed by atoms with Gasteiger partial charge in [0.25, 0.3) is 5.91 Å². The number of anilines is 2. The average molecular weight is 358 g/mol. The van der Waals surface area contributed by atoms with Crippen LogP contribution >= 0.6 is 23.1 Å². The first-order valence-electron chi connectivity index (χ1n) is 6.48. The molecule has 122 valence electrons. The summed E-state index contributed by atoms with van der Waals surface area (Å²) in [6.45, 7) is 1.18. The Balaban J connectivity index is 1.96. The predicted octanol–water partition coefficient (Wildman–Crippen LogP) is 3.08. The van der Waals surface area contributed by atoms with E-state index in [2.05, 4.69) is 15.0 Å². The van der Waals surface area contributed by atoms with E-state index in [-0.39, 0.29) is 10.7 Å². The molecule has 0 aliphatic heterocycles. The highest BCUT2D eigenvalue weighted by Crippen LogP contribution is 2.25. The molecule has 6 nitrogen and oxygen atoms in total. The molecule has 2 N–H and O–H groups in total. The van der Waals surface area contributed by atoms with Gasteiger partial charge in [0.15, 0.2) is 6.61 Å². The van der Waals surface area contributed by atoms with Gasteiger partial charge in [0.2, 0.25) is 0 Å². The Morgan fingerprint density at radius 2 is 2.17 bits per heavy atom. The molecule has 0 aliphatic rings. The van der Waals surface area contributed by atoms with Crippen molar-refractivity contribution in [3.8, 4) is 0 Å². The molecule has 0 saturated carbocycles. The Kier molecular flexibility index (Phi) is 5.51. The van der Waals surface area contributed by atoms with E-state index in [9.17, 15) is 14.0 Å². The van der Waals surface area contributed by atoms with Crippen molar-refractivity contribution < 1.29 is 18.7 Å². The lowest BCUT2D eigenvalue weighted by Gasteiger charge is -2.08. The number of amides is 1. The number of carbonyl (C=O) groups excluding carboxylic acids is 2. The van der Waals surface area contributed by atoms with Gasteiger partial charge in [-0.3, -0.25) is 4.79 Å². The SMILES string of the molecule is CNc1snc(C)c1C(=O)OCC(=O)Nc1ccc(F)cc1Cl. The lowest BCUT2D eigenvalue weighted by atomic mass is 10.2. The van der Waals surface area contributed by atoms with Crippen molar-refractivity contribution in [1.82, 2.24) is 4.37 Å². The van der Waals surface area contributed by atoms with E-state index in [0.717, 1.165) is 23.7 Å². The van der Waals surface area contributed by atoms with E-state index in [1.165, 1.54) is 6.07 Å². The standard InChI is InChI=1S/C14H13ClFN3O3S/c1-7-12(13(17-2)23-19-7)14(21)22-6-11(20)18-10-4-3-8(16)5-9(10)15/h3-5,17H,6H2,1-2H3,(H,18,20). The van der Waals surface area contributed by atoms with Crippen molar-refractivity contribution in [2.75, 3.05) is 24.3 Å². The van der Waals surface area contributed by atoms with Gasteiger partial charge < -0.3 is 15.4 Å². The Morgan fingerprint density at radius 1 is 1.43 bits per heavy atom. The average Bonchev–Trinajstić information content (AvgIpc) is 2.88. The summed E-state index contributed by atoms with van der Waals surface area (Å²) in [6.07, 6.45) is 0. The molecule has 0 bridgehead atoms. The van der Waals surface area contributed by atoms with Crippen LogP contribution in [0.1, 0.15) is 16.1 Å². The molecule has 1 heterocycles. The molecule has 0 radical (unpaired) electrons. The number of ether oxygens (including phenoxy) is 1. The van der Waals surface area contributed by atoms with E-state index >= 15 is 0 Å². The monoisotopic (exact) mass is 357 g/mol. The van der Waals surface area contributed by atoms with E-state index < -0.39 is 24.3 Å². The number of halogens is 2. The topological polar surface area (TPSA) is 80.3 Å². The highest BCUT2D eigenvalue weighted by Gasteiger charge is 2.20. The van der Waals surface area contributed by atoms with Gasteiger partial charge in [-0.15, -0.1) is 0 Å². The van der Waals surface area contributed by atoms with Crippen LogP contribution < -0.4 is 10.6 Å². The van der Waals surface area contributed by atoms with Crippen LogP contribution in [-0.4, -0.2) is 29.9 Å². The Hall–Kier alpha value is -2.19. The zero-order valence-electron chi connectivity index (χ0n) is 12.3. The maximum Gasteiger partial charge on any atom is 0.343 e. The van der Waals surface area contributed by atoms with E-state index in [0.29, 0.717) is 16.3 Å². The molecule has 0 aliphatic carbocycles. The van der Waals surface area contributed by atoms with Gasteiger partial charge in [0.1, 0.15) is 16.4 Å². The summed E-state index contributed by atoms with van der Waals surface area (Å²) >= 11 is 6.93. The number of nitrogens with zero attached hydrogens (tertiary/aromatic N) is 1. The van der Waals surface area contributed by atoms with Crippen molar-refractivity contribution in [1.29, 1.82) is 0 Å². The fourth-order valence-corrected chi connectivity index (χ4v) is 2.71. The Labute approximate surface area is 140 Å². The van der Waals surface area contributed by atoms with Gasteiger partial charge in [0.05, 0.1) is 16.4 Å². The van der Waals surface area contributed by atoms with Gasteiger partial charge >= 0.3 is 5.97 Å². The number of esters is 1. The van der Waals surface area contributed by atoms with E-state index in [1.54, 1.807) is 14.0 Å². The van der Waals surface area contributed by atoms with Crippen LogP contribution in [-0.2, 0) is 9.53 Å². The number of hydrogen-bond donors (Lipinski definition) is 2. The van der Waals surface area contributed by atoms with Crippen LogP contribution in [0, 0.1) is 12.7 Å². The second kappa shape index (κ2) is 7.38. The second-order valence-corrected chi connectivity index (χ2v) is 5.65. The fraction of sp³-hybridized carbons (Fsp3) is 0.214. The maximum atomic E-state index is 12.9. The molecule has 1 aromatic heterocycles. The minimum absolute atomic E-state index is 0.0556. The summed E-state index contributed by atoms with van der Waals surface area (Å²) in [4.78, 5) is 23.8. The van der Waals surface area contributed by atoms with Gasteiger partial charge in [-0.05, 0) is 36.7 Å². The summed E-state index contributed by atoms with van der Waals surface area (Å²) in [7, 11) is 1.66. The molecule has 0 saturated heterocycles. The van der Waals surface area contributed by atoms with Crippen LogP contribution in [0.25, 0.3) is 0 Å². The minimum atomic E-state index is -0.652. The smallest absolute Gasteiger partial charge is 0.343 e. The van der Waals surface area contributed by atoms with Crippen molar-refractivity contribution in [2.45, 2.75) is 6.92 Å². The van der Waals surface area contributed by atoms with Crippen molar-refractivity contribution in [3.63, 3.8) is 0 Å². The molecule has 1 amide bonds. The molecule has 23 heavy (non-hydrogen) atoms. The van der Waals surface area contributed by atoms with Crippen molar-refractivity contribution >= 4 is 45.7 Å². The van der Waals surface area contributed by atoms with Crippen LogP contribution in [0.3, 0.4) is 0 Å². The third kappa shape index (κ3) is 4.17. The molecule has 1 aromatic carbocycles. The number of benzene rings is 1. The van der Waals surface area contributed by atoms with Crippen molar-refractivity contribution in [2.24, 2.45) is 0 Å². The number of carbonyl (C=O) groups is 2. The van der Waals surface area contributed by atoms with Gasteiger partial charge in [0, 0.05) is 7.05 Å². The van der Waals surface area contributed by atoms with E-state index in [1.807, 2.05) is 0 Å². The lowest BCUT2D eigenvalue weighted by Crippen LogP contribution is -2.21. The first-order chi connectivity index (χ1) is 10.9.